The molecule has 0 heterocycles. The van der Waals surface area contributed by atoms with Gasteiger partial charge in [-0.05, 0) is 5.83 Å². The maximum Gasteiger partial charge on any atom is 2.00 e. The molecule has 0 amide bonds. The van der Waals surface area contributed by atoms with Crippen molar-refractivity contribution in [2.75, 3.05) is 5.83 Å². The van der Waals surface area contributed by atoms with Gasteiger partial charge >= 0.3 is 37.7 Å². The van der Waals surface area contributed by atoms with Gasteiger partial charge in [-0.2, -0.15) is 0 Å². The van der Waals surface area contributed by atoms with Crippen molar-refractivity contribution >= 4 is 70.2 Å². The molecule has 2 atom stereocenters. The Balaban J connectivity index is -0.000000149. The molecule has 0 aromatic carbocycles. The number of hydrogen-bond donors (Lipinski definition) is 0. The summed E-state index contributed by atoms with van der Waals surface area (Å²) in [7, 11) is -7.03. The molecule has 10 heavy (non-hydrogen) atoms. The molecule has 0 radical (unpaired) electrons. The summed E-state index contributed by atoms with van der Waals surface area (Å²) in [5.74, 6) is 1.81. The normalized spacial score (nSPS) is 13.6. The van der Waals surface area contributed by atoms with E-state index < -0.39 is 16.5 Å². The second kappa shape index (κ2) is 13.7. The summed E-state index contributed by atoms with van der Waals surface area (Å²) in [5, 5.41) is 0. The van der Waals surface area contributed by atoms with Crippen LogP contribution in [0, 0.1) is 0 Å². The van der Waals surface area contributed by atoms with E-state index in [1.807, 2.05) is 5.83 Å². The summed E-state index contributed by atoms with van der Waals surface area (Å²) in [4.78, 5) is 18.6. The van der Waals surface area contributed by atoms with E-state index in [4.69, 9.17) is 0 Å². The fourth-order valence-corrected chi connectivity index (χ4v) is 0.612. The molecule has 0 fully saturated rings. The van der Waals surface area contributed by atoms with Gasteiger partial charge in [-0.3, -0.25) is 4.31 Å². The number of hydrogen-bond acceptors (Lipinski definition) is 5. The largest absolute Gasteiger partial charge is 2.00 e. The third-order valence-corrected chi connectivity index (χ3v) is 1.50. The van der Waals surface area contributed by atoms with Gasteiger partial charge < -0.3 is 18.9 Å². The average Bonchev–Trinajstić information content (AvgIpc) is 1.68. The minimum absolute atomic E-state index is 0. The first kappa shape index (κ1) is 18.0. The van der Waals surface area contributed by atoms with Crippen molar-refractivity contribution in [2.45, 2.75) is 0 Å². The summed E-state index contributed by atoms with van der Waals surface area (Å²) in [6, 6.07) is 0. The van der Waals surface area contributed by atoms with Crippen molar-refractivity contribution in [3.05, 3.63) is 0 Å². The third-order valence-electron chi connectivity index (χ3n) is 0.167. The van der Waals surface area contributed by atoms with Crippen LogP contribution >= 0.6 is 32.4 Å². The SMILES string of the molecule is CBr.O=[PH]([O-])O[PH](=O)[O-].[Ca+2]. The third kappa shape index (κ3) is 22.5. The van der Waals surface area contributed by atoms with E-state index in [1.165, 1.54) is 0 Å². The van der Waals surface area contributed by atoms with Crippen LogP contribution in [-0.4, -0.2) is 43.6 Å². The van der Waals surface area contributed by atoms with Crippen LogP contribution in [0.1, 0.15) is 0 Å². The minimum atomic E-state index is -3.51. The van der Waals surface area contributed by atoms with Gasteiger partial charge in [-0.1, -0.05) is 15.9 Å². The maximum absolute atomic E-state index is 9.29. The molecule has 58 valence electrons. The number of rotatable bonds is 2. The van der Waals surface area contributed by atoms with Crippen molar-refractivity contribution < 1.29 is 23.2 Å². The summed E-state index contributed by atoms with van der Waals surface area (Å²) < 4.78 is 21.8. The van der Waals surface area contributed by atoms with Crippen molar-refractivity contribution in [1.29, 1.82) is 0 Å². The van der Waals surface area contributed by atoms with Crippen LogP contribution < -0.4 is 9.79 Å². The Hall–Kier alpha value is 2.08. The van der Waals surface area contributed by atoms with Crippen LogP contribution in [0.25, 0.3) is 0 Å². The van der Waals surface area contributed by atoms with E-state index in [0.29, 0.717) is 0 Å². The fourth-order valence-electron chi connectivity index (χ4n) is 0.0680. The molecule has 0 aliphatic carbocycles. The Morgan fingerprint density at radius 3 is 1.40 bits per heavy atom. The van der Waals surface area contributed by atoms with Crippen molar-refractivity contribution in [2.24, 2.45) is 0 Å². The first-order chi connectivity index (χ1) is 4.13. The van der Waals surface area contributed by atoms with E-state index in [0.717, 1.165) is 0 Å². The Kier molecular flexibility index (Phi) is 24.6. The van der Waals surface area contributed by atoms with Crippen LogP contribution in [0.5, 0.6) is 0 Å². The van der Waals surface area contributed by atoms with E-state index in [-0.39, 0.29) is 37.7 Å². The molecule has 9 heteroatoms. The van der Waals surface area contributed by atoms with Gasteiger partial charge in [-0.15, -0.1) is 0 Å². The van der Waals surface area contributed by atoms with Crippen LogP contribution in [0.4, 0.5) is 0 Å². The fraction of sp³-hybridized carbons (Fsp3) is 1.00. The molecule has 0 aliphatic heterocycles. The summed E-state index contributed by atoms with van der Waals surface area (Å²) in [6.07, 6.45) is 0. The van der Waals surface area contributed by atoms with Crippen LogP contribution in [0.15, 0.2) is 0 Å². The average molecular weight is 279 g/mol. The van der Waals surface area contributed by atoms with E-state index in [1.54, 1.807) is 0 Å². The molecule has 0 aromatic heterocycles. The van der Waals surface area contributed by atoms with Crippen LogP contribution in [-0.2, 0) is 13.4 Å². The number of halogens is 1. The summed E-state index contributed by atoms with van der Waals surface area (Å²) in [5.41, 5.74) is 0. The first-order valence-corrected chi connectivity index (χ1v) is 5.64. The second-order valence-electron chi connectivity index (χ2n) is 0.602. The first-order valence-electron chi connectivity index (χ1n) is 1.60. The molecule has 0 rings (SSSR count). The molecular weight excluding hydrogens is 274 g/mol. The van der Waals surface area contributed by atoms with Gasteiger partial charge in [0.05, 0.1) is 0 Å². The molecule has 0 aliphatic rings. The van der Waals surface area contributed by atoms with Gasteiger partial charge in [0.1, 0.15) is 16.5 Å². The van der Waals surface area contributed by atoms with Crippen molar-refractivity contribution in [1.82, 2.24) is 0 Å². The second-order valence-corrected chi connectivity index (χ2v) is 2.42. The van der Waals surface area contributed by atoms with Gasteiger partial charge in [0.2, 0.25) is 0 Å². The Morgan fingerprint density at radius 1 is 1.20 bits per heavy atom. The van der Waals surface area contributed by atoms with Crippen molar-refractivity contribution in [3.63, 3.8) is 0 Å². The molecule has 0 N–H and O–H groups in total. The monoisotopic (exact) mass is 278 g/mol. The van der Waals surface area contributed by atoms with Crippen LogP contribution in [0.3, 0.4) is 0 Å². The molecule has 0 bridgehead atoms. The van der Waals surface area contributed by atoms with E-state index in [2.05, 4.69) is 20.2 Å². The van der Waals surface area contributed by atoms with E-state index in [9.17, 15) is 18.9 Å². The molecule has 2 unspecified atom stereocenters. The smallest absolute Gasteiger partial charge is 0.781 e. The summed E-state index contributed by atoms with van der Waals surface area (Å²) in [6.45, 7) is 0. The molecule has 0 saturated carbocycles. The quantitative estimate of drug-likeness (QED) is 0.372. The topological polar surface area (TPSA) is 89.5 Å². The number of alkyl halides is 1. The maximum atomic E-state index is 9.29. The minimum Gasteiger partial charge on any atom is -0.781 e. The zero-order chi connectivity index (χ0) is 7.86. The zero-order valence-corrected chi connectivity index (χ0v) is 10.9. The Morgan fingerprint density at radius 2 is 1.40 bits per heavy atom. The van der Waals surface area contributed by atoms with Gasteiger partial charge in [-0.25, -0.2) is 0 Å². The van der Waals surface area contributed by atoms with Crippen molar-refractivity contribution in [3.8, 4) is 0 Å². The Labute approximate surface area is 98.2 Å². The predicted octanol–water partition coefficient (Wildman–Crippen LogP) is -0.867. The predicted molar refractivity (Wildman–Crippen MR) is 39.7 cm³/mol. The molecule has 0 saturated heterocycles. The molecular formula is CH5BrCaO5P2. The summed E-state index contributed by atoms with van der Waals surface area (Å²) >= 11 is 2.94. The standard InChI is InChI=1S/CH3Br.Ca.H4O5P2/c1-2;;1-6(2)5-7(3)4/h1H3;;6-7H,(H,1,2)(H,3,4)/q;+2;/p-2. The molecule has 0 aromatic rings. The van der Waals surface area contributed by atoms with Gasteiger partial charge in [0.15, 0.2) is 0 Å². The zero-order valence-electron chi connectivity index (χ0n) is 5.13. The Bertz CT molecular complexity index is 95.8. The van der Waals surface area contributed by atoms with Crippen LogP contribution in [0.2, 0.25) is 0 Å². The molecule has 5 nitrogen and oxygen atoms in total. The molecule has 0 spiro atoms. The van der Waals surface area contributed by atoms with E-state index >= 15 is 0 Å². The van der Waals surface area contributed by atoms with Gasteiger partial charge in [0, 0.05) is 0 Å². The van der Waals surface area contributed by atoms with Gasteiger partial charge in [0.25, 0.3) is 0 Å².